The van der Waals surface area contributed by atoms with Crippen LogP contribution in [0, 0.1) is 11.3 Å². The molecule has 0 saturated carbocycles. The fourth-order valence-corrected chi connectivity index (χ4v) is 3.49. The molecule has 0 aliphatic carbocycles. The lowest BCUT2D eigenvalue weighted by molar-refractivity contribution is 0.346. The van der Waals surface area contributed by atoms with Crippen molar-refractivity contribution >= 4 is 32.4 Å². The van der Waals surface area contributed by atoms with Crippen molar-refractivity contribution in [2.24, 2.45) is 4.53 Å². The standard InChI is InChI=1S/C9H11ClN2O3S2/c10-5-2-8-17(13,14)15-12-16-7-1-3-9(16)4-6-11/h1,3,7H,2,4-5,8H2. The van der Waals surface area contributed by atoms with E-state index in [1.54, 1.807) is 17.6 Å². The molecule has 1 aliphatic heterocycles. The maximum atomic E-state index is 11.3. The van der Waals surface area contributed by atoms with Gasteiger partial charge in [-0.3, -0.25) is 0 Å². The molecule has 8 heteroatoms. The van der Waals surface area contributed by atoms with E-state index in [2.05, 4.69) is 8.81 Å². The summed E-state index contributed by atoms with van der Waals surface area (Å²) in [6.07, 6.45) is 4.01. The Labute approximate surface area is 108 Å². The molecule has 0 aromatic carbocycles. The van der Waals surface area contributed by atoms with E-state index in [-0.39, 0.29) is 18.1 Å². The second-order valence-electron chi connectivity index (χ2n) is 3.06. The molecule has 0 fully saturated rings. The topological polar surface area (TPSA) is 79.5 Å². The summed E-state index contributed by atoms with van der Waals surface area (Å²) in [6.45, 7) is 0. The number of alkyl halides is 1. The van der Waals surface area contributed by atoms with Crippen LogP contribution in [-0.2, 0) is 25.1 Å². The zero-order valence-corrected chi connectivity index (χ0v) is 11.3. The Morgan fingerprint density at radius 2 is 2.35 bits per heavy atom. The third kappa shape index (κ3) is 5.00. The molecule has 0 aromatic rings. The first-order chi connectivity index (χ1) is 8.09. The van der Waals surface area contributed by atoms with Crippen molar-refractivity contribution in [3.63, 3.8) is 0 Å². The minimum atomic E-state index is -3.66. The number of allylic oxidation sites excluding steroid dienone is 3. The molecule has 94 valence electrons. The number of halogens is 1. The first-order valence-electron chi connectivity index (χ1n) is 4.75. The normalized spacial score (nSPS) is 19.3. The van der Waals surface area contributed by atoms with Crippen molar-refractivity contribution in [2.45, 2.75) is 12.8 Å². The van der Waals surface area contributed by atoms with Crippen molar-refractivity contribution in [1.82, 2.24) is 0 Å². The van der Waals surface area contributed by atoms with E-state index in [1.165, 1.54) is 0 Å². The monoisotopic (exact) mass is 294 g/mol. The molecule has 0 saturated heterocycles. The van der Waals surface area contributed by atoms with Gasteiger partial charge in [0.25, 0.3) is 10.1 Å². The van der Waals surface area contributed by atoms with E-state index in [0.717, 1.165) is 4.91 Å². The molecule has 0 spiro atoms. The van der Waals surface area contributed by atoms with Crippen LogP contribution >= 0.6 is 11.6 Å². The van der Waals surface area contributed by atoms with E-state index in [4.69, 9.17) is 16.9 Å². The molecule has 1 rings (SSSR count). The van der Waals surface area contributed by atoms with Crippen molar-refractivity contribution in [2.75, 3.05) is 11.6 Å². The maximum Gasteiger partial charge on any atom is 0.290 e. The highest BCUT2D eigenvalue weighted by Crippen LogP contribution is 2.18. The lowest BCUT2D eigenvalue weighted by Gasteiger charge is -2.01. The molecule has 0 radical (unpaired) electrons. The van der Waals surface area contributed by atoms with Gasteiger partial charge in [0.2, 0.25) is 0 Å². The molecule has 17 heavy (non-hydrogen) atoms. The first kappa shape index (κ1) is 14.4. The average Bonchev–Trinajstić information content (AvgIpc) is 2.72. The summed E-state index contributed by atoms with van der Waals surface area (Å²) in [5.41, 5.74) is 0. The van der Waals surface area contributed by atoms with E-state index in [9.17, 15) is 8.42 Å². The molecule has 0 aromatic heterocycles. The fraction of sp³-hybridized carbons (Fsp3) is 0.444. The average molecular weight is 295 g/mol. The molecular weight excluding hydrogens is 284 g/mol. The van der Waals surface area contributed by atoms with Gasteiger partial charge in [0.05, 0.1) is 18.2 Å². The van der Waals surface area contributed by atoms with Gasteiger partial charge in [-0.05, 0) is 28.6 Å². The van der Waals surface area contributed by atoms with Crippen LogP contribution in [0.15, 0.2) is 27.0 Å². The van der Waals surface area contributed by atoms with Crippen molar-refractivity contribution in [3.8, 4) is 6.07 Å². The van der Waals surface area contributed by atoms with Crippen LogP contribution in [0.25, 0.3) is 0 Å². The van der Waals surface area contributed by atoms with Gasteiger partial charge in [0.15, 0.2) is 0 Å². The van der Waals surface area contributed by atoms with Crippen molar-refractivity contribution in [1.29, 1.82) is 5.26 Å². The zero-order chi connectivity index (χ0) is 12.7. The second kappa shape index (κ2) is 6.91. The summed E-state index contributed by atoms with van der Waals surface area (Å²) in [5.74, 6) is 0.103. The maximum absolute atomic E-state index is 11.3. The van der Waals surface area contributed by atoms with Crippen molar-refractivity contribution < 1.29 is 12.7 Å². The first-order valence-corrected chi connectivity index (χ1v) is 8.10. The van der Waals surface area contributed by atoms with Crippen molar-refractivity contribution in [3.05, 3.63) is 22.5 Å². The Kier molecular flexibility index (Phi) is 5.85. The highest BCUT2D eigenvalue weighted by Gasteiger charge is 2.13. The molecule has 1 atom stereocenters. The van der Waals surface area contributed by atoms with E-state index >= 15 is 0 Å². The summed E-state index contributed by atoms with van der Waals surface area (Å²) < 4.78 is 30.8. The number of rotatable bonds is 6. The zero-order valence-electron chi connectivity index (χ0n) is 8.87. The Bertz CT molecular complexity index is 503. The summed E-state index contributed by atoms with van der Waals surface area (Å²) in [7, 11) is -4.43. The number of hydrogen-bond acceptors (Lipinski definition) is 5. The summed E-state index contributed by atoms with van der Waals surface area (Å²) in [5, 5.41) is 10.3. The molecule has 1 aliphatic rings. The molecule has 1 heterocycles. The molecule has 0 bridgehead atoms. The minimum Gasteiger partial charge on any atom is -0.198 e. The van der Waals surface area contributed by atoms with Gasteiger partial charge in [-0.1, -0.05) is 10.6 Å². The quantitative estimate of drug-likeness (QED) is 0.554. The van der Waals surface area contributed by atoms with Crippen LogP contribution < -0.4 is 0 Å². The Morgan fingerprint density at radius 3 is 3.00 bits per heavy atom. The smallest absolute Gasteiger partial charge is 0.198 e. The van der Waals surface area contributed by atoms with Crippen LogP contribution in [0.4, 0.5) is 0 Å². The lowest BCUT2D eigenvalue weighted by Crippen LogP contribution is -2.08. The van der Waals surface area contributed by atoms with Gasteiger partial charge in [0, 0.05) is 10.8 Å². The molecule has 0 N–H and O–H groups in total. The predicted molar refractivity (Wildman–Crippen MR) is 67.5 cm³/mol. The third-order valence-corrected chi connectivity index (χ3v) is 4.68. The molecule has 0 amide bonds. The Hall–Kier alpha value is -0.680. The highest BCUT2D eigenvalue weighted by atomic mass is 35.5. The molecular formula is C9H11ClN2O3S2. The van der Waals surface area contributed by atoms with E-state index < -0.39 is 20.8 Å². The van der Waals surface area contributed by atoms with Crippen LogP contribution in [0.1, 0.15) is 12.8 Å². The van der Waals surface area contributed by atoms with Crippen LogP contribution in [0.2, 0.25) is 0 Å². The second-order valence-corrected chi connectivity index (χ2v) is 6.69. The third-order valence-electron chi connectivity index (χ3n) is 1.76. The lowest BCUT2D eigenvalue weighted by atomic mass is 10.4. The number of nitriles is 1. The summed E-state index contributed by atoms with van der Waals surface area (Å²) in [6, 6.07) is 1.99. The van der Waals surface area contributed by atoms with E-state index in [1.807, 2.05) is 6.07 Å². The van der Waals surface area contributed by atoms with E-state index in [0.29, 0.717) is 6.42 Å². The highest BCUT2D eigenvalue weighted by molar-refractivity contribution is 7.94. The van der Waals surface area contributed by atoms with Gasteiger partial charge in [0.1, 0.15) is 0 Å². The van der Waals surface area contributed by atoms with Gasteiger partial charge < -0.3 is 0 Å². The fourth-order valence-electron chi connectivity index (χ4n) is 1.01. The predicted octanol–water partition coefficient (Wildman–Crippen LogP) is 2.00. The van der Waals surface area contributed by atoms with Gasteiger partial charge in [-0.2, -0.15) is 13.7 Å². The van der Waals surface area contributed by atoms with Crippen LogP contribution in [-0.4, -0.2) is 20.1 Å². The largest absolute Gasteiger partial charge is 0.290 e. The number of nitrogens with zero attached hydrogens (tertiary/aromatic N) is 2. The minimum absolute atomic E-state index is 0.155. The van der Waals surface area contributed by atoms with Crippen LogP contribution in [0.5, 0.6) is 0 Å². The SMILES string of the molecule is N#CCC1=CC=C/S1=N\OS(=O)(=O)CCCCl. The molecule has 5 nitrogen and oxygen atoms in total. The summed E-state index contributed by atoms with van der Waals surface area (Å²) in [4.78, 5) is 0.750. The van der Waals surface area contributed by atoms with Gasteiger partial charge in [-0.25, -0.2) is 0 Å². The van der Waals surface area contributed by atoms with Gasteiger partial charge >= 0.3 is 0 Å². The number of hydrogen-bond donors (Lipinski definition) is 0. The van der Waals surface area contributed by atoms with Gasteiger partial charge in [-0.15, -0.1) is 15.9 Å². The summed E-state index contributed by atoms with van der Waals surface area (Å²) >= 11 is 5.39. The Balaban J connectivity index is 2.63. The molecule has 1 unspecified atom stereocenters. The Morgan fingerprint density at radius 1 is 1.59 bits per heavy atom. The van der Waals surface area contributed by atoms with Crippen LogP contribution in [0.3, 0.4) is 0 Å².